The number of nitrogens with two attached hydrogens (primary N) is 1. The molecule has 7 nitrogen and oxygen atoms in total. The van der Waals surface area contributed by atoms with Crippen molar-refractivity contribution in [3.8, 4) is 10.6 Å². The number of amides is 2. The fraction of sp³-hybridized carbons (Fsp3) is 0.471. The quantitative estimate of drug-likeness (QED) is 0.672. The number of halogens is 2. The van der Waals surface area contributed by atoms with Gasteiger partial charge in [-0.05, 0) is 11.4 Å². The smallest absolute Gasteiger partial charge is 0.273 e. The van der Waals surface area contributed by atoms with E-state index in [0.29, 0.717) is 18.8 Å². The van der Waals surface area contributed by atoms with Gasteiger partial charge in [0.1, 0.15) is 0 Å². The molecule has 0 spiro atoms. The van der Waals surface area contributed by atoms with Gasteiger partial charge in [-0.15, -0.1) is 11.3 Å². The number of alkyl halides is 2. The van der Waals surface area contributed by atoms with Crippen LogP contribution >= 0.6 is 11.3 Å². The summed E-state index contributed by atoms with van der Waals surface area (Å²) in [6.45, 7) is 0.886. The molecule has 146 valence electrons. The third-order valence-corrected chi connectivity index (χ3v) is 5.32. The van der Waals surface area contributed by atoms with Gasteiger partial charge in [-0.3, -0.25) is 9.59 Å². The number of hydrogen-bond donors (Lipinski definition) is 2. The van der Waals surface area contributed by atoms with Crippen molar-refractivity contribution in [2.45, 2.75) is 18.8 Å². The van der Waals surface area contributed by atoms with Gasteiger partial charge >= 0.3 is 0 Å². The van der Waals surface area contributed by atoms with Crippen molar-refractivity contribution in [2.75, 3.05) is 26.2 Å². The fourth-order valence-corrected chi connectivity index (χ4v) is 3.42. The first-order valence-corrected chi connectivity index (χ1v) is 9.40. The highest BCUT2D eigenvalue weighted by Gasteiger charge is 2.34. The van der Waals surface area contributed by atoms with Crippen molar-refractivity contribution in [3.63, 3.8) is 0 Å². The first-order chi connectivity index (χ1) is 12.8. The molecule has 27 heavy (non-hydrogen) atoms. The summed E-state index contributed by atoms with van der Waals surface area (Å²) in [4.78, 5) is 25.5. The predicted molar refractivity (Wildman–Crippen MR) is 95.5 cm³/mol. The van der Waals surface area contributed by atoms with E-state index in [9.17, 15) is 18.4 Å². The lowest BCUT2D eigenvalue weighted by Gasteiger charge is -2.38. The van der Waals surface area contributed by atoms with E-state index < -0.39 is 24.2 Å². The molecule has 1 aliphatic rings. The molecule has 10 heteroatoms. The molecule has 1 aliphatic heterocycles. The highest BCUT2D eigenvalue weighted by Crippen LogP contribution is 2.26. The van der Waals surface area contributed by atoms with E-state index in [1.165, 1.54) is 17.4 Å². The second-order valence-corrected chi connectivity index (χ2v) is 7.47. The van der Waals surface area contributed by atoms with Crippen LogP contribution in [0.1, 0.15) is 23.3 Å². The molecule has 2 aromatic heterocycles. The number of aromatic nitrogens is 1. The zero-order valence-corrected chi connectivity index (χ0v) is 15.3. The Kier molecular flexibility index (Phi) is 5.85. The maximum atomic E-state index is 13.9. The minimum Gasteiger partial charge on any atom is -0.369 e. The lowest BCUT2D eigenvalue weighted by Crippen LogP contribution is -2.53. The summed E-state index contributed by atoms with van der Waals surface area (Å²) in [5, 5.41) is 7.98. The summed E-state index contributed by atoms with van der Waals surface area (Å²) in [6.07, 6.45) is -0.803. The number of carbonyl (C=O) groups excluding carboxylic acids is 2. The third-order valence-electron chi connectivity index (χ3n) is 4.44. The van der Waals surface area contributed by atoms with Crippen molar-refractivity contribution >= 4 is 23.2 Å². The monoisotopic (exact) mass is 398 g/mol. The molecular formula is C17H20F2N4O3S. The van der Waals surface area contributed by atoms with Gasteiger partial charge in [-0.25, -0.2) is 8.78 Å². The maximum absolute atomic E-state index is 13.9. The lowest BCUT2D eigenvalue weighted by atomic mass is 9.99. The van der Waals surface area contributed by atoms with Crippen LogP contribution in [0.3, 0.4) is 0 Å². The van der Waals surface area contributed by atoms with Crippen molar-refractivity contribution in [2.24, 2.45) is 11.7 Å². The second kappa shape index (κ2) is 8.13. The van der Waals surface area contributed by atoms with Crippen LogP contribution < -0.4 is 11.1 Å². The van der Waals surface area contributed by atoms with Crippen LogP contribution in [-0.4, -0.2) is 54.0 Å². The zero-order chi connectivity index (χ0) is 19.4. The van der Waals surface area contributed by atoms with Gasteiger partial charge in [0.05, 0.1) is 10.8 Å². The Morgan fingerprint density at radius 1 is 1.41 bits per heavy atom. The van der Waals surface area contributed by atoms with E-state index in [1.54, 1.807) is 4.90 Å². The molecule has 0 aromatic carbocycles. The van der Waals surface area contributed by atoms with E-state index in [4.69, 9.17) is 10.3 Å². The van der Waals surface area contributed by atoms with Crippen molar-refractivity contribution < 1.29 is 22.9 Å². The maximum Gasteiger partial charge on any atom is 0.273 e. The van der Waals surface area contributed by atoms with Crippen LogP contribution in [0.4, 0.5) is 8.78 Å². The van der Waals surface area contributed by atoms with Gasteiger partial charge in [-0.2, -0.15) is 0 Å². The topological polar surface area (TPSA) is 101 Å². The lowest BCUT2D eigenvalue weighted by molar-refractivity contribution is -0.127. The summed E-state index contributed by atoms with van der Waals surface area (Å²) < 4.78 is 33.0. The Morgan fingerprint density at radius 3 is 2.85 bits per heavy atom. The molecule has 3 N–H and O–H groups in total. The van der Waals surface area contributed by atoms with Crippen molar-refractivity contribution in [1.29, 1.82) is 0 Å². The molecule has 2 aromatic rings. The Balaban J connectivity index is 1.38. The fourth-order valence-electron chi connectivity index (χ4n) is 2.75. The molecule has 2 amide bonds. The van der Waals surface area contributed by atoms with Crippen LogP contribution in [0.15, 0.2) is 28.1 Å². The Labute approximate surface area is 158 Å². The van der Waals surface area contributed by atoms with Gasteiger partial charge < -0.3 is 20.5 Å². The zero-order valence-electron chi connectivity index (χ0n) is 14.5. The number of carbonyl (C=O) groups is 2. The second-order valence-electron chi connectivity index (χ2n) is 6.52. The summed E-state index contributed by atoms with van der Waals surface area (Å²) in [5.41, 5.74) is 5.20. The molecule has 3 heterocycles. The van der Waals surface area contributed by atoms with Gasteiger partial charge in [0.25, 0.3) is 11.8 Å². The van der Waals surface area contributed by atoms with E-state index in [-0.39, 0.29) is 31.1 Å². The Hall–Kier alpha value is -2.33. The number of rotatable bonds is 9. The summed E-state index contributed by atoms with van der Waals surface area (Å²) in [5.74, 6) is -3.62. The van der Waals surface area contributed by atoms with Gasteiger partial charge in [0.2, 0.25) is 5.91 Å². The molecule has 0 saturated carbocycles. The van der Waals surface area contributed by atoms with Crippen molar-refractivity contribution in [1.82, 2.24) is 15.4 Å². The van der Waals surface area contributed by atoms with Gasteiger partial charge in [0.15, 0.2) is 11.5 Å². The molecule has 0 bridgehead atoms. The van der Waals surface area contributed by atoms with Crippen LogP contribution in [0.5, 0.6) is 0 Å². The predicted octanol–water partition coefficient (Wildman–Crippen LogP) is 1.97. The highest BCUT2D eigenvalue weighted by molar-refractivity contribution is 7.13. The molecule has 0 aliphatic carbocycles. The van der Waals surface area contributed by atoms with Crippen LogP contribution in [0, 0.1) is 5.92 Å². The Bertz CT molecular complexity index is 788. The molecule has 3 rings (SSSR count). The largest absolute Gasteiger partial charge is 0.369 e. The van der Waals surface area contributed by atoms with E-state index in [1.807, 2.05) is 17.5 Å². The minimum absolute atomic E-state index is 0.0554. The van der Waals surface area contributed by atoms with Gasteiger partial charge in [-0.1, -0.05) is 11.2 Å². The van der Waals surface area contributed by atoms with Gasteiger partial charge in [0, 0.05) is 45.1 Å². The van der Waals surface area contributed by atoms with Crippen LogP contribution in [-0.2, 0) is 4.79 Å². The third kappa shape index (κ3) is 5.10. The molecule has 1 saturated heterocycles. The standard InChI is InChI=1S/C17H20F2N4O3S/c18-17(19,4-6-23-9-11(10-23)15(20)24)3-5-21-16(25)12-8-13(26-22-12)14-2-1-7-27-14/h1-2,7-8,11H,3-6,9-10H2,(H2,20,24)(H,21,25). The number of likely N-dealkylation sites (tertiary alicyclic amines) is 1. The molecule has 0 atom stereocenters. The SMILES string of the molecule is NC(=O)C1CN(CCC(F)(F)CCNC(=O)c2cc(-c3cccs3)on2)C1. The van der Waals surface area contributed by atoms with E-state index in [2.05, 4.69) is 10.5 Å². The van der Waals surface area contributed by atoms with Crippen molar-refractivity contribution in [3.05, 3.63) is 29.3 Å². The van der Waals surface area contributed by atoms with E-state index >= 15 is 0 Å². The molecular weight excluding hydrogens is 378 g/mol. The molecule has 0 unspecified atom stereocenters. The first-order valence-electron chi connectivity index (χ1n) is 8.52. The van der Waals surface area contributed by atoms with E-state index in [0.717, 1.165) is 4.88 Å². The number of hydrogen-bond acceptors (Lipinski definition) is 6. The molecule has 0 radical (unpaired) electrons. The Morgan fingerprint density at radius 2 is 2.19 bits per heavy atom. The summed E-state index contributed by atoms with van der Waals surface area (Å²) >= 11 is 1.44. The number of primary amides is 1. The average Bonchev–Trinajstić information content (AvgIpc) is 3.24. The normalized spacial score (nSPS) is 15.5. The summed E-state index contributed by atoms with van der Waals surface area (Å²) in [6, 6.07) is 5.16. The average molecular weight is 398 g/mol. The highest BCUT2D eigenvalue weighted by atomic mass is 32.1. The number of nitrogens with one attached hydrogen (secondary N) is 1. The number of thiophene rings is 1. The molecule has 1 fully saturated rings. The number of nitrogens with zero attached hydrogens (tertiary/aromatic N) is 2. The minimum atomic E-state index is -2.91. The summed E-state index contributed by atoms with van der Waals surface area (Å²) in [7, 11) is 0. The van der Waals surface area contributed by atoms with Crippen LogP contribution in [0.2, 0.25) is 0 Å². The first kappa shape index (κ1) is 19.4. The van der Waals surface area contributed by atoms with Crippen LogP contribution in [0.25, 0.3) is 10.6 Å².